The number of hydrogen-bond acceptors (Lipinski definition) is 3. The maximum Gasteiger partial charge on any atom is 0.416 e. The lowest BCUT2D eigenvalue weighted by Gasteiger charge is -2.10. The Morgan fingerprint density at radius 2 is 1.92 bits per heavy atom. The van der Waals surface area contributed by atoms with Crippen molar-refractivity contribution in [1.82, 2.24) is 15.2 Å². The van der Waals surface area contributed by atoms with Crippen molar-refractivity contribution in [1.29, 1.82) is 0 Å². The maximum absolute atomic E-state index is 12.7. The number of aryl methyl sites for hydroxylation is 1. The Bertz CT molecular complexity index is 872. The molecule has 4 nitrogen and oxygen atoms in total. The van der Waals surface area contributed by atoms with E-state index in [9.17, 15) is 13.2 Å². The van der Waals surface area contributed by atoms with Gasteiger partial charge in [0.25, 0.3) is 0 Å². The summed E-state index contributed by atoms with van der Waals surface area (Å²) in [7, 11) is 0. The highest BCUT2D eigenvalue weighted by Crippen LogP contribution is 2.31. The van der Waals surface area contributed by atoms with E-state index in [0.717, 1.165) is 28.9 Å². The molecule has 0 unspecified atom stereocenters. The van der Waals surface area contributed by atoms with Crippen molar-refractivity contribution < 1.29 is 13.2 Å². The van der Waals surface area contributed by atoms with Gasteiger partial charge in [-0.2, -0.15) is 18.3 Å². The molecule has 8 heteroatoms. The molecule has 0 aliphatic heterocycles. The average molecular weight is 367 g/mol. The van der Waals surface area contributed by atoms with Gasteiger partial charge >= 0.3 is 6.18 Å². The Kier molecular flexibility index (Phi) is 4.67. The Labute approximate surface area is 147 Å². The molecule has 2 N–H and O–H groups in total. The summed E-state index contributed by atoms with van der Waals surface area (Å²) < 4.78 is 38.0. The average Bonchev–Trinajstić information content (AvgIpc) is 3.02. The first-order valence-electron chi connectivity index (χ1n) is 7.41. The van der Waals surface area contributed by atoms with E-state index in [0.29, 0.717) is 23.0 Å². The summed E-state index contributed by atoms with van der Waals surface area (Å²) in [5.74, 6) is 0. The minimum Gasteiger partial charge on any atom is -0.379 e. The van der Waals surface area contributed by atoms with Gasteiger partial charge in [-0.3, -0.25) is 5.10 Å². The van der Waals surface area contributed by atoms with Gasteiger partial charge in [0, 0.05) is 23.9 Å². The van der Waals surface area contributed by atoms with Crippen LogP contribution in [0.15, 0.2) is 42.7 Å². The number of pyridine rings is 1. The molecule has 25 heavy (non-hydrogen) atoms. The first-order chi connectivity index (χ1) is 11.8. The fourth-order valence-electron chi connectivity index (χ4n) is 2.41. The van der Waals surface area contributed by atoms with Crippen LogP contribution in [0, 0.1) is 6.92 Å². The van der Waals surface area contributed by atoms with Crippen LogP contribution in [0.1, 0.15) is 16.7 Å². The van der Waals surface area contributed by atoms with Crippen molar-refractivity contribution in [3.05, 3.63) is 64.6 Å². The second-order valence-electron chi connectivity index (χ2n) is 5.51. The van der Waals surface area contributed by atoms with Crippen molar-refractivity contribution in [2.24, 2.45) is 0 Å². The van der Waals surface area contributed by atoms with Crippen LogP contribution in [0.5, 0.6) is 0 Å². The molecule has 1 aromatic carbocycles. The van der Waals surface area contributed by atoms with Crippen molar-refractivity contribution in [3.63, 3.8) is 0 Å². The zero-order valence-electron chi connectivity index (χ0n) is 13.2. The Balaban J connectivity index is 1.78. The number of alkyl halides is 3. The molecule has 0 atom stereocenters. The van der Waals surface area contributed by atoms with E-state index in [1.165, 1.54) is 12.1 Å². The number of aromatic nitrogens is 3. The van der Waals surface area contributed by atoms with Crippen molar-refractivity contribution in [2.75, 3.05) is 5.32 Å². The molecule has 0 radical (unpaired) electrons. The molecule has 0 fully saturated rings. The van der Waals surface area contributed by atoms with Gasteiger partial charge in [0.15, 0.2) is 0 Å². The van der Waals surface area contributed by atoms with Crippen molar-refractivity contribution >= 4 is 17.3 Å². The topological polar surface area (TPSA) is 53.6 Å². The zero-order valence-corrected chi connectivity index (χ0v) is 13.9. The minimum atomic E-state index is -4.35. The molecule has 2 heterocycles. The number of hydrogen-bond donors (Lipinski definition) is 2. The number of benzene rings is 1. The molecule has 3 aromatic rings. The van der Waals surface area contributed by atoms with Gasteiger partial charge in [-0.15, -0.1) is 0 Å². The van der Waals surface area contributed by atoms with Gasteiger partial charge in [-0.25, -0.2) is 4.98 Å². The van der Waals surface area contributed by atoms with Gasteiger partial charge in [0.1, 0.15) is 5.15 Å². The summed E-state index contributed by atoms with van der Waals surface area (Å²) in [5.41, 5.74) is 3.12. The Morgan fingerprint density at radius 1 is 1.20 bits per heavy atom. The van der Waals surface area contributed by atoms with E-state index < -0.39 is 11.7 Å². The number of nitrogens with zero attached hydrogens (tertiary/aromatic N) is 2. The molecule has 0 bridgehead atoms. The molecule has 0 saturated carbocycles. The normalized spacial score (nSPS) is 11.6. The molecule has 0 spiro atoms. The molecular weight excluding hydrogens is 353 g/mol. The van der Waals surface area contributed by atoms with Crippen LogP contribution >= 0.6 is 11.6 Å². The van der Waals surface area contributed by atoms with E-state index in [1.54, 1.807) is 18.5 Å². The summed E-state index contributed by atoms with van der Waals surface area (Å²) in [4.78, 5) is 4.03. The highest BCUT2D eigenvalue weighted by Gasteiger charge is 2.30. The fourth-order valence-corrected chi connectivity index (χ4v) is 2.63. The molecular formula is C17H14ClF3N4. The second-order valence-corrected chi connectivity index (χ2v) is 5.90. The lowest BCUT2D eigenvalue weighted by atomic mass is 10.1. The van der Waals surface area contributed by atoms with Crippen molar-refractivity contribution in [3.8, 4) is 11.3 Å². The molecule has 130 valence electrons. The third kappa shape index (κ3) is 3.93. The number of nitrogens with one attached hydrogen (secondary N) is 2. The number of rotatable bonds is 4. The Hall–Kier alpha value is -2.54. The first-order valence-corrected chi connectivity index (χ1v) is 7.78. The molecule has 0 saturated heterocycles. The van der Waals surface area contributed by atoms with E-state index >= 15 is 0 Å². The van der Waals surface area contributed by atoms with Crippen LogP contribution in [-0.2, 0) is 12.7 Å². The summed E-state index contributed by atoms with van der Waals surface area (Å²) in [6.45, 7) is 2.35. The standard InChI is InChI=1S/C17H14ClF3N4/c1-10-6-15(18)23-9-14(10)22-7-12-8-24-25-16(12)11-2-4-13(5-3-11)17(19,20)21/h2-6,8-9,22H,7H2,1H3,(H,24,25). The monoisotopic (exact) mass is 366 g/mol. The summed E-state index contributed by atoms with van der Waals surface area (Å²) in [6, 6.07) is 6.67. The van der Waals surface area contributed by atoms with Crippen LogP contribution < -0.4 is 5.32 Å². The van der Waals surface area contributed by atoms with Gasteiger partial charge in [0.2, 0.25) is 0 Å². The highest BCUT2D eigenvalue weighted by molar-refractivity contribution is 6.29. The van der Waals surface area contributed by atoms with E-state index in [2.05, 4.69) is 20.5 Å². The van der Waals surface area contributed by atoms with Gasteiger partial charge in [0.05, 0.1) is 23.1 Å². The van der Waals surface area contributed by atoms with Gasteiger partial charge in [-0.05, 0) is 30.7 Å². The minimum absolute atomic E-state index is 0.414. The SMILES string of the molecule is Cc1cc(Cl)ncc1NCc1c[nH]nc1-c1ccc(C(F)(F)F)cc1. The van der Waals surface area contributed by atoms with E-state index in [4.69, 9.17) is 11.6 Å². The smallest absolute Gasteiger partial charge is 0.379 e. The van der Waals surface area contributed by atoms with Crippen LogP contribution in [0.4, 0.5) is 18.9 Å². The summed E-state index contributed by atoms with van der Waals surface area (Å²) in [5, 5.41) is 10.5. The predicted octanol–water partition coefficient (Wildman–Crippen LogP) is 5.06. The van der Waals surface area contributed by atoms with E-state index in [1.807, 2.05) is 6.92 Å². The van der Waals surface area contributed by atoms with Crippen LogP contribution in [-0.4, -0.2) is 15.2 Å². The number of aromatic amines is 1. The van der Waals surface area contributed by atoms with Crippen LogP contribution in [0.3, 0.4) is 0 Å². The molecule has 3 rings (SSSR count). The zero-order chi connectivity index (χ0) is 18.0. The van der Waals surface area contributed by atoms with Crippen LogP contribution in [0.2, 0.25) is 5.15 Å². The Morgan fingerprint density at radius 3 is 2.56 bits per heavy atom. The summed E-state index contributed by atoms with van der Waals surface area (Å²) >= 11 is 5.83. The molecule has 2 aromatic heterocycles. The number of H-pyrrole nitrogens is 1. The molecule has 0 aliphatic carbocycles. The molecule has 0 aliphatic rings. The van der Waals surface area contributed by atoms with Crippen molar-refractivity contribution in [2.45, 2.75) is 19.6 Å². The largest absolute Gasteiger partial charge is 0.416 e. The third-order valence-electron chi connectivity index (χ3n) is 3.75. The third-order valence-corrected chi connectivity index (χ3v) is 3.96. The number of anilines is 1. The van der Waals surface area contributed by atoms with E-state index in [-0.39, 0.29) is 0 Å². The van der Waals surface area contributed by atoms with Gasteiger partial charge < -0.3 is 5.32 Å². The highest BCUT2D eigenvalue weighted by atomic mass is 35.5. The second kappa shape index (κ2) is 6.76. The van der Waals surface area contributed by atoms with Gasteiger partial charge in [-0.1, -0.05) is 23.7 Å². The fraction of sp³-hybridized carbons (Fsp3) is 0.176. The predicted molar refractivity (Wildman–Crippen MR) is 90.3 cm³/mol. The lowest BCUT2D eigenvalue weighted by Crippen LogP contribution is -2.04. The molecule has 0 amide bonds. The lowest BCUT2D eigenvalue weighted by molar-refractivity contribution is -0.137. The number of halogens is 4. The first kappa shape index (κ1) is 17.3. The maximum atomic E-state index is 12.7. The summed E-state index contributed by atoms with van der Waals surface area (Å²) in [6.07, 6.45) is -1.01. The van der Waals surface area contributed by atoms with Crippen LogP contribution in [0.25, 0.3) is 11.3 Å². The quantitative estimate of drug-likeness (QED) is 0.634.